The Bertz CT molecular complexity index is 381. The van der Waals surface area contributed by atoms with Gasteiger partial charge < -0.3 is 10.6 Å². The summed E-state index contributed by atoms with van der Waals surface area (Å²) in [6.07, 6.45) is 4.23. The van der Waals surface area contributed by atoms with E-state index in [2.05, 4.69) is 22.5 Å². The highest BCUT2D eigenvalue weighted by Gasteiger charge is 2.19. The molecule has 1 aliphatic rings. The van der Waals surface area contributed by atoms with Gasteiger partial charge in [-0.25, -0.2) is 4.98 Å². The highest BCUT2D eigenvalue weighted by molar-refractivity contribution is 7.09. The predicted molar refractivity (Wildman–Crippen MR) is 83.5 cm³/mol. The number of amides is 1. The van der Waals surface area contributed by atoms with Gasteiger partial charge in [0.1, 0.15) is 0 Å². The van der Waals surface area contributed by atoms with Crippen molar-refractivity contribution in [3.63, 3.8) is 0 Å². The lowest BCUT2D eigenvalue weighted by atomic mass is 10.0. The smallest absolute Gasteiger partial charge is 0.237 e. The lowest BCUT2D eigenvalue weighted by Gasteiger charge is -2.22. The minimum absolute atomic E-state index is 0. The summed E-state index contributed by atoms with van der Waals surface area (Å²) in [6.45, 7) is 3.59. The number of piperidine rings is 1. The predicted octanol–water partition coefficient (Wildman–Crippen LogP) is 2.31. The second-order valence-corrected chi connectivity index (χ2v) is 5.25. The molecule has 1 aromatic rings. The second kappa shape index (κ2) is 9.53. The van der Waals surface area contributed by atoms with E-state index in [4.69, 9.17) is 0 Å². The Morgan fingerprint density at radius 1 is 1.53 bits per heavy atom. The third kappa shape index (κ3) is 5.65. The summed E-state index contributed by atoms with van der Waals surface area (Å²) < 4.78 is 0. The maximum atomic E-state index is 11.8. The summed E-state index contributed by atoms with van der Waals surface area (Å²) in [5.41, 5.74) is 0.969. The van der Waals surface area contributed by atoms with E-state index in [-0.39, 0.29) is 36.8 Å². The molecule has 4 nitrogen and oxygen atoms in total. The Labute approximate surface area is 130 Å². The van der Waals surface area contributed by atoms with E-state index in [0.717, 1.165) is 36.5 Å². The fraction of sp³-hybridized carbons (Fsp3) is 0.667. The van der Waals surface area contributed by atoms with E-state index < -0.39 is 0 Å². The molecule has 1 aromatic heterocycles. The summed E-state index contributed by atoms with van der Waals surface area (Å²) in [7, 11) is 0. The number of thiazole rings is 1. The zero-order valence-corrected chi connectivity index (χ0v) is 13.4. The van der Waals surface area contributed by atoms with Crippen molar-refractivity contribution in [2.24, 2.45) is 0 Å². The molecule has 7 heteroatoms. The van der Waals surface area contributed by atoms with Crippen LogP contribution in [0.15, 0.2) is 5.38 Å². The van der Waals surface area contributed by atoms with Gasteiger partial charge in [0, 0.05) is 5.38 Å². The highest BCUT2D eigenvalue weighted by atomic mass is 35.5. The molecule has 2 N–H and O–H groups in total. The maximum Gasteiger partial charge on any atom is 0.237 e. The zero-order valence-electron chi connectivity index (χ0n) is 11.0. The molecule has 0 aliphatic carbocycles. The van der Waals surface area contributed by atoms with Gasteiger partial charge in [0.15, 0.2) is 0 Å². The van der Waals surface area contributed by atoms with Gasteiger partial charge in [-0.1, -0.05) is 13.3 Å². The molecular weight excluding hydrogens is 305 g/mol. The van der Waals surface area contributed by atoms with Crippen LogP contribution >= 0.6 is 36.2 Å². The monoisotopic (exact) mass is 325 g/mol. The van der Waals surface area contributed by atoms with Crippen LogP contribution in [0.4, 0.5) is 0 Å². The third-order valence-electron chi connectivity index (χ3n) is 2.97. The minimum Gasteiger partial charge on any atom is -0.349 e. The van der Waals surface area contributed by atoms with E-state index in [9.17, 15) is 4.79 Å². The molecule has 1 fully saturated rings. The van der Waals surface area contributed by atoms with Gasteiger partial charge in [0.25, 0.3) is 0 Å². The van der Waals surface area contributed by atoms with E-state index in [1.165, 1.54) is 6.42 Å². The molecule has 0 bridgehead atoms. The third-order valence-corrected chi connectivity index (χ3v) is 4.01. The minimum atomic E-state index is -0.00645. The van der Waals surface area contributed by atoms with Crippen molar-refractivity contribution in [2.45, 2.75) is 45.2 Å². The Hall–Kier alpha value is -0.360. The molecule has 1 atom stereocenters. The first-order valence-electron chi connectivity index (χ1n) is 6.24. The first-order chi connectivity index (χ1) is 8.29. The van der Waals surface area contributed by atoms with E-state index in [0.29, 0.717) is 6.54 Å². The van der Waals surface area contributed by atoms with Gasteiger partial charge in [-0.2, -0.15) is 0 Å². The largest absolute Gasteiger partial charge is 0.349 e. The summed E-state index contributed by atoms with van der Waals surface area (Å²) in [6, 6.07) is -0.00645. The van der Waals surface area contributed by atoms with Crippen molar-refractivity contribution >= 4 is 42.1 Å². The Morgan fingerprint density at radius 2 is 2.32 bits per heavy atom. The van der Waals surface area contributed by atoms with Crippen LogP contribution in [0.2, 0.25) is 0 Å². The van der Waals surface area contributed by atoms with Gasteiger partial charge >= 0.3 is 0 Å². The number of carbonyl (C=O) groups is 1. The van der Waals surface area contributed by atoms with Crippen LogP contribution in [0, 0.1) is 0 Å². The van der Waals surface area contributed by atoms with Crippen LogP contribution in [0.3, 0.4) is 0 Å². The number of carbonyl (C=O) groups excluding carboxylic acids is 1. The zero-order chi connectivity index (χ0) is 12.1. The van der Waals surface area contributed by atoms with Crippen LogP contribution in [-0.2, 0) is 17.8 Å². The van der Waals surface area contributed by atoms with E-state index in [1.807, 2.05) is 5.38 Å². The molecule has 2 rings (SSSR count). The number of nitrogens with zero attached hydrogens (tertiary/aromatic N) is 1. The molecule has 1 aliphatic heterocycles. The molecule has 0 radical (unpaired) electrons. The van der Waals surface area contributed by atoms with Crippen LogP contribution in [0.1, 0.15) is 36.9 Å². The first-order valence-corrected chi connectivity index (χ1v) is 7.12. The maximum absolute atomic E-state index is 11.8. The fourth-order valence-corrected chi connectivity index (χ4v) is 2.71. The summed E-state index contributed by atoms with van der Waals surface area (Å²) in [4.78, 5) is 16.3. The molecule has 1 amide bonds. The Kier molecular flexibility index (Phi) is 9.35. The van der Waals surface area contributed by atoms with Crippen molar-refractivity contribution in [3.8, 4) is 0 Å². The van der Waals surface area contributed by atoms with Crippen LogP contribution in [-0.4, -0.2) is 23.5 Å². The van der Waals surface area contributed by atoms with Gasteiger partial charge in [0.2, 0.25) is 5.91 Å². The van der Waals surface area contributed by atoms with Crippen molar-refractivity contribution in [1.29, 1.82) is 0 Å². The van der Waals surface area contributed by atoms with Crippen molar-refractivity contribution in [3.05, 3.63) is 16.1 Å². The van der Waals surface area contributed by atoms with Crippen LogP contribution in [0.25, 0.3) is 0 Å². The van der Waals surface area contributed by atoms with Gasteiger partial charge in [0.05, 0.1) is 23.3 Å². The van der Waals surface area contributed by atoms with Crippen molar-refractivity contribution in [1.82, 2.24) is 15.6 Å². The summed E-state index contributed by atoms with van der Waals surface area (Å²) >= 11 is 1.66. The summed E-state index contributed by atoms with van der Waals surface area (Å²) in [5, 5.41) is 9.34. The normalized spacial score (nSPS) is 18.1. The van der Waals surface area contributed by atoms with E-state index in [1.54, 1.807) is 11.3 Å². The van der Waals surface area contributed by atoms with E-state index >= 15 is 0 Å². The number of aromatic nitrogens is 1. The average Bonchev–Trinajstić information content (AvgIpc) is 2.85. The molecule has 19 heavy (non-hydrogen) atoms. The molecule has 0 saturated carbocycles. The molecule has 110 valence electrons. The highest BCUT2D eigenvalue weighted by Crippen LogP contribution is 2.10. The SMILES string of the molecule is CCc1nc(CNC(=O)C2CCCCN2)cs1.Cl.Cl. The van der Waals surface area contributed by atoms with Gasteiger partial charge in [-0.15, -0.1) is 36.2 Å². The van der Waals surface area contributed by atoms with Crippen LogP contribution in [0.5, 0.6) is 0 Å². The number of hydrogen-bond acceptors (Lipinski definition) is 4. The number of rotatable bonds is 4. The molecule has 0 spiro atoms. The standard InChI is InChI=1S/C12H19N3OS.2ClH/c1-2-11-15-9(8-17-11)7-14-12(16)10-5-3-4-6-13-10;;/h8,10,13H,2-7H2,1H3,(H,14,16);2*1H. The molecule has 1 unspecified atom stereocenters. The average molecular weight is 326 g/mol. The molecule has 0 aromatic carbocycles. The Morgan fingerprint density at radius 3 is 2.89 bits per heavy atom. The van der Waals surface area contributed by atoms with Crippen molar-refractivity contribution in [2.75, 3.05) is 6.54 Å². The first kappa shape index (κ1) is 18.6. The molecule has 1 saturated heterocycles. The second-order valence-electron chi connectivity index (χ2n) is 4.31. The molecule has 2 heterocycles. The van der Waals surface area contributed by atoms with Gasteiger partial charge in [-0.3, -0.25) is 4.79 Å². The number of halogens is 2. The molecular formula is C12H21Cl2N3OS. The quantitative estimate of drug-likeness (QED) is 0.893. The summed E-state index contributed by atoms with van der Waals surface area (Å²) in [5.74, 6) is 0.107. The lowest BCUT2D eigenvalue weighted by molar-refractivity contribution is -0.123. The number of hydrogen-bond donors (Lipinski definition) is 2. The van der Waals surface area contributed by atoms with Gasteiger partial charge in [-0.05, 0) is 25.8 Å². The lowest BCUT2D eigenvalue weighted by Crippen LogP contribution is -2.46. The number of aryl methyl sites for hydroxylation is 1. The fourth-order valence-electron chi connectivity index (χ4n) is 1.97. The topological polar surface area (TPSA) is 54.0 Å². The number of nitrogens with one attached hydrogen (secondary N) is 2. The van der Waals surface area contributed by atoms with Crippen LogP contribution < -0.4 is 10.6 Å². The Balaban J connectivity index is 0.00000162. The van der Waals surface area contributed by atoms with Crippen molar-refractivity contribution < 1.29 is 4.79 Å².